The van der Waals surface area contributed by atoms with Gasteiger partial charge in [-0.25, -0.2) is 19.0 Å². The zero-order valence-electron chi connectivity index (χ0n) is 24.8. The van der Waals surface area contributed by atoms with Crippen LogP contribution in [0.15, 0.2) is 30.5 Å². The van der Waals surface area contributed by atoms with E-state index in [-0.39, 0.29) is 54.0 Å². The van der Waals surface area contributed by atoms with Gasteiger partial charge in [0.1, 0.15) is 42.7 Å². The van der Waals surface area contributed by atoms with Crippen molar-refractivity contribution in [2.75, 3.05) is 31.9 Å². The van der Waals surface area contributed by atoms with Crippen molar-refractivity contribution in [1.29, 1.82) is 5.26 Å². The fourth-order valence-corrected chi connectivity index (χ4v) is 4.15. The minimum Gasteiger partial charge on any atom is -0.462 e. The highest BCUT2D eigenvalue weighted by Gasteiger charge is 2.44. The zero-order valence-corrected chi connectivity index (χ0v) is 24.8. The van der Waals surface area contributed by atoms with E-state index in [0.29, 0.717) is 12.0 Å². The van der Waals surface area contributed by atoms with E-state index in [2.05, 4.69) is 15.6 Å². The number of ether oxygens (including phenoxy) is 4. The van der Waals surface area contributed by atoms with E-state index in [1.54, 1.807) is 6.92 Å². The maximum atomic E-state index is 15.1. The number of anilines is 1. The second-order valence-corrected chi connectivity index (χ2v) is 10.1. The van der Waals surface area contributed by atoms with Crippen LogP contribution in [0.1, 0.15) is 67.4 Å². The molecular weight excluding hydrogens is 577 g/mol. The van der Waals surface area contributed by atoms with Crippen LogP contribution in [0.25, 0.3) is 0 Å². The number of carbonyl (C=O) groups excluding carboxylic acids is 4. The fourth-order valence-electron chi connectivity index (χ4n) is 4.15. The number of hydrogen-bond acceptors (Lipinski definition) is 11. The maximum absolute atomic E-state index is 15.1. The predicted molar refractivity (Wildman–Crippen MR) is 154 cm³/mol. The zero-order chi connectivity index (χ0) is 32.2. The number of nitriles is 1. The van der Waals surface area contributed by atoms with E-state index >= 15 is 4.39 Å². The molecule has 0 saturated heterocycles. The van der Waals surface area contributed by atoms with Gasteiger partial charge in [0.25, 0.3) is 0 Å². The smallest absolute Gasteiger partial charge is 0.334 e. The van der Waals surface area contributed by atoms with Gasteiger partial charge in [0.2, 0.25) is 6.79 Å². The largest absolute Gasteiger partial charge is 0.462 e. The van der Waals surface area contributed by atoms with Gasteiger partial charge in [-0.15, -0.1) is 0 Å². The number of urea groups is 1. The van der Waals surface area contributed by atoms with Crippen molar-refractivity contribution < 1.29 is 42.5 Å². The Morgan fingerprint density at radius 3 is 2.59 bits per heavy atom. The van der Waals surface area contributed by atoms with Gasteiger partial charge in [0, 0.05) is 30.1 Å². The van der Waals surface area contributed by atoms with Crippen LogP contribution in [0.4, 0.5) is 15.0 Å². The molecule has 0 spiro atoms. The molecule has 3 rings (SSSR count). The lowest BCUT2D eigenvalue weighted by molar-refractivity contribution is -0.157. The Morgan fingerprint density at radius 1 is 1.16 bits per heavy atom. The molecule has 44 heavy (non-hydrogen) atoms. The number of hydrogen-bond donors (Lipinski definition) is 3. The molecule has 13 nitrogen and oxygen atoms in total. The van der Waals surface area contributed by atoms with Crippen LogP contribution < -0.4 is 21.1 Å². The summed E-state index contributed by atoms with van der Waals surface area (Å²) in [6.07, 6.45) is 2.52. The van der Waals surface area contributed by atoms with Gasteiger partial charge in [0.15, 0.2) is 5.78 Å². The Hall–Kier alpha value is -4.61. The molecule has 1 aromatic carbocycles. The number of nitrogens with two attached hydrogens (primary N) is 1. The number of rotatable bonds is 16. The summed E-state index contributed by atoms with van der Waals surface area (Å²) < 4.78 is 36.0. The average molecular weight is 614 g/mol. The summed E-state index contributed by atoms with van der Waals surface area (Å²) in [5.74, 6) is -2.71. The SMILES string of the molecule is CCC(=O)c1ccc(F)c([C@H]2C[C@H]2NC(=O)Nc2ccc(C#N)cn2)c1OCOC(=O)COCCOC(=O)C(N)C(C)CC. The molecule has 2 aromatic rings. The molecule has 236 valence electrons. The molecule has 1 heterocycles. The number of amides is 2. The first-order valence-corrected chi connectivity index (χ1v) is 14.2. The molecule has 4 N–H and O–H groups in total. The van der Waals surface area contributed by atoms with Crippen LogP contribution in [0.3, 0.4) is 0 Å². The molecule has 1 fully saturated rings. The van der Waals surface area contributed by atoms with Gasteiger partial charge in [-0.2, -0.15) is 5.26 Å². The van der Waals surface area contributed by atoms with Crippen molar-refractivity contribution in [3.05, 3.63) is 53.0 Å². The topological polar surface area (TPSA) is 192 Å². The van der Waals surface area contributed by atoms with E-state index < -0.39 is 55.2 Å². The summed E-state index contributed by atoms with van der Waals surface area (Å²) in [7, 11) is 0. The van der Waals surface area contributed by atoms with Gasteiger partial charge in [-0.3, -0.25) is 14.9 Å². The van der Waals surface area contributed by atoms with Crippen LogP contribution in [0, 0.1) is 23.1 Å². The molecule has 14 heteroatoms. The number of carbonyl (C=O) groups is 4. The first-order valence-electron chi connectivity index (χ1n) is 14.2. The van der Waals surface area contributed by atoms with Crippen LogP contribution >= 0.6 is 0 Å². The van der Waals surface area contributed by atoms with Crippen molar-refractivity contribution in [2.45, 2.75) is 58.0 Å². The molecule has 0 aliphatic heterocycles. The minimum absolute atomic E-state index is 0.0377. The monoisotopic (exact) mass is 613 g/mol. The van der Waals surface area contributed by atoms with Gasteiger partial charge in [-0.1, -0.05) is 27.2 Å². The van der Waals surface area contributed by atoms with Crippen LogP contribution in [0.2, 0.25) is 0 Å². The van der Waals surface area contributed by atoms with Gasteiger partial charge < -0.3 is 30.0 Å². The van der Waals surface area contributed by atoms with E-state index in [1.807, 2.05) is 19.9 Å². The number of benzene rings is 1. The highest BCUT2D eigenvalue weighted by Crippen LogP contribution is 2.47. The number of nitrogens with zero attached hydrogens (tertiary/aromatic N) is 2. The highest BCUT2D eigenvalue weighted by molar-refractivity contribution is 5.99. The maximum Gasteiger partial charge on any atom is 0.334 e. The Morgan fingerprint density at radius 2 is 1.93 bits per heavy atom. The normalized spacial score (nSPS) is 16.5. The number of halogens is 1. The van der Waals surface area contributed by atoms with Gasteiger partial charge in [0.05, 0.1) is 17.7 Å². The van der Waals surface area contributed by atoms with E-state index in [0.717, 1.165) is 12.5 Å². The Balaban J connectivity index is 1.53. The molecule has 1 aliphatic carbocycles. The van der Waals surface area contributed by atoms with Crippen molar-refractivity contribution in [2.24, 2.45) is 11.7 Å². The summed E-state index contributed by atoms with van der Waals surface area (Å²) in [4.78, 5) is 53.1. The molecular formula is C30H36FN5O8. The van der Waals surface area contributed by atoms with Crippen LogP contribution in [0.5, 0.6) is 5.75 Å². The fraction of sp³-hybridized carbons (Fsp3) is 0.467. The summed E-state index contributed by atoms with van der Waals surface area (Å²) in [6, 6.07) is 5.56. The summed E-state index contributed by atoms with van der Waals surface area (Å²) >= 11 is 0. The highest BCUT2D eigenvalue weighted by atomic mass is 19.1. The number of pyridine rings is 1. The number of esters is 2. The third-order valence-electron chi connectivity index (χ3n) is 7.02. The lowest BCUT2D eigenvalue weighted by Crippen LogP contribution is -2.38. The summed E-state index contributed by atoms with van der Waals surface area (Å²) in [5, 5.41) is 14.1. The number of ketones is 1. The molecule has 2 unspecified atom stereocenters. The predicted octanol–water partition coefficient (Wildman–Crippen LogP) is 3.18. The Labute approximate surface area is 254 Å². The van der Waals surface area contributed by atoms with E-state index in [9.17, 15) is 19.2 Å². The molecule has 2 amide bonds. The second kappa shape index (κ2) is 16.3. The third-order valence-corrected chi connectivity index (χ3v) is 7.02. The van der Waals surface area contributed by atoms with Crippen molar-refractivity contribution >= 4 is 29.6 Å². The van der Waals surface area contributed by atoms with Crippen LogP contribution in [-0.2, 0) is 23.8 Å². The van der Waals surface area contributed by atoms with Crippen LogP contribution in [-0.4, -0.2) is 67.4 Å². The average Bonchev–Trinajstić information content (AvgIpc) is 3.77. The summed E-state index contributed by atoms with van der Waals surface area (Å²) in [5.41, 5.74) is 6.33. The first-order chi connectivity index (χ1) is 21.1. The number of nitrogens with one attached hydrogen (secondary N) is 2. The molecule has 1 saturated carbocycles. The number of aromatic nitrogens is 1. The first kappa shape index (κ1) is 33.9. The molecule has 1 aromatic heterocycles. The van der Waals surface area contributed by atoms with E-state index in [1.165, 1.54) is 24.4 Å². The van der Waals surface area contributed by atoms with Gasteiger partial charge >= 0.3 is 18.0 Å². The lowest BCUT2D eigenvalue weighted by Gasteiger charge is -2.17. The Bertz CT molecular complexity index is 1380. The summed E-state index contributed by atoms with van der Waals surface area (Å²) in [6.45, 7) is 4.14. The Kier molecular flexibility index (Phi) is 12.5. The van der Waals surface area contributed by atoms with E-state index in [4.69, 9.17) is 29.9 Å². The molecule has 0 bridgehead atoms. The third kappa shape index (κ3) is 9.45. The van der Waals surface area contributed by atoms with Crippen molar-refractivity contribution in [3.8, 4) is 11.8 Å². The minimum atomic E-state index is -0.798. The van der Waals surface area contributed by atoms with Crippen molar-refractivity contribution in [3.63, 3.8) is 0 Å². The second-order valence-electron chi connectivity index (χ2n) is 10.1. The molecule has 1 aliphatic rings. The quantitative estimate of drug-likeness (QED) is 0.109. The molecule has 0 radical (unpaired) electrons. The number of Topliss-reactive ketones (excluding diaryl/α,β-unsaturated/α-hetero) is 1. The standard InChI is InChI=1S/C30H36FN5O8/c1-4-17(3)27(33)29(39)42-11-10-41-15-25(38)43-16-44-28-19(23(37)5-2)7-8-21(31)26(28)20-12-22(20)35-30(40)36-24-9-6-18(13-32)14-34-24/h6-9,14,17,20,22,27H,4-5,10-12,15-16,33H2,1-3H3,(H2,34,35,36,40)/t17?,20-,22+,27?/m0/s1. The molecule has 4 atom stereocenters. The lowest BCUT2D eigenvalue weighted by atomic mass is 10.00. The van der Waals surface area contributed by atoms with Crippen molar-refractivity contribution in [1.82, 2.24) is 10.3 Å². The van der Waals surface area contributed by atoms with Gasteiger partial charge in [-0.05, 0) is 36.6 Å².